The third kappa shape index (κ3) is 3.22. The van der Waals surface area contributed by atoms with Gasteiger partial charge in [-0.3, -0.25) is 14.2 Å². The van der Waals surface area contributed by atoms with E-state index in [9.17, 15) is 9.59 Å². The lowest BCUT2D eigenvalue weighted by molar-refractivity contribution is -0.137. The molecule has 0 amide bonds. The van der Waals surface area contributed by atoms with Crippen LogP contribution in [0.5, 0.6) is 0 Å². The van der Waals surface area contributed by atoms with Crippen molar-refractivity contribution in [1.29, 1.82) is 0 Å². The van der Waals surface area contributed by atoms with Crippen molar-refractivity contribution < 1.29 is 9.53 Å². The Morgan fingerprint density at radius 3 is 2.69 bits per heavy atom. The number of ether oxygens (including phenoxy) is 1. The number of halogens is 1. The predicted octanol–water partition coefficient (Wildman–Crippen LogP) is 3.51. The first kappa shape index (κ1) is 17.1. The van der Waals surface area contributed by atoms with E-state index in [0.29, 0.717) is 40.7 Å². The van der Waals surface area contributed by atoms with Gasteiger partial charge in [0.05, 0.1) is 24.1 Å². The van der Waals surface area contributed by atoms with Crippen LogP contribution < -0.4 is 5.56 Å². The van der Waals surface area contributed by atoms with Crippen LogP contribution in [-0.2, 0) is 16.1 Å². The van der Waals surface area contributed by atoms with Crippen molar-refractivity contribution in [2.75, 3.05) is 6.61 Å². The highest BCUT2D eigenvalue weighted by molar-refractivity contribution is 8.00. The van der Waals surface area contributed by atoms with E-state index in [4.69, 9.17) is 16.3 Å². The van der Waals surface area contributed by atoms with Crippen LogP contribution in [0.1, 0.15) is 12.0 Å². The first-order valence-corrected chi connectivity index (χ1v) is 9.45. The van der Waals surface area contributed by atoms with Crippen LogP contribution in [0.15, 0.2) is 58.5 Å². The van der Waals surface area contributed by atoms with Gasteiger partial charge in [0.1, 0.15) is 5.25 Å². The molecular weight excluding hydrogens is 372 g/mol. The van der Waals surface area contributed by atoms with E-state index in [-0.39, 0.29) is 16.8 Å². The molecule has 1 fully saturated rings. The first-order valence-electron chi connectivity index (χ1n) is 8.20. The topological polar surface area (TPSA) is 61.2 Å². The van der Waals surface area contributed by atoms with Gasteiger partial charge in [-0.05, 0) is 23.8 Å². The lowest BCUT2D eigenvalue weighted by Gasteiger charge is -2.15. The molecule has 1 saturated heterocycles. The second-order valence-electron chi connectivity index (χ2n) is 5.96. The van der Waals surface area contributed by atoms with Gasteiger partial charge in [-0.2, -0.15) is 0 Å². The summed E-state index contributed by atoms with van der Waals surface area (Å²) in [7, 11) is 0. The molecule has 1 atom stereocenters. The normalized spacial score (nSPS) is 16.8. The van der Waals surface area contributed by atoms with Crippen LogP contribution in [-0.4, -0.2) is 27.4 Å². The molecule has 0 bridgehead atoms. The molecule has 0 N–H and O–H groups in total. The summed E-state index contributed by atoms with van der Waals surface area (Å²) in [6, 6.07) is 14.6. The zero-order valence-electron chi connectivity index (χ0n) is 13.7. The van der Waals surface area contributed by atoms with Gasteiger partial charge in [-0.1, -0.05) is 53.7 Å². The fourth-order valence-electron chi connectivity index (χ4n) is 2.89. The Labute approximate surface area is 159 Å². The monoisotopic (exact) mass is 386 g/mol. The van der Waals surface area contributed by atoms with Crippen molar-refractivity contribution >= 4 is 40.2 Å². The lowest BCUT2D eigenvalue weighted by Crippen LogP contribution is -2.25. The van der Waals surface area contributed by atoms with Crippen molar-refractivity contribution in [3.63, 3.8) is 0 Å². The summed E-state index contributed by atoms with van der Waals surface area (Å²) in [5, 5.41) is 1.28. The van der Waals surface area contributed by atoms with E-state index in [1.807, 2.05) is 30.3 Å². The summed E-state index contributed by atoms with van der Waals surface area (Å²) < 4.78 is 6.62. The van der Waals surface area contributed by atoms with Crippen LogP contribution >= 0.6 is 23.4 Å². The number of cyclic esters (lactones) is 1. The molecule has 0 aliphatic carbocycles. The summed E-state index contributed by atoms with van der Waals surface area (Å²) in [6.45, 7) is 0.694. The van der Waals surface area contributed by atoms with Crippen molar-refractivity contribution in [2.45, 2.75) is 23.4 Å². The number of hydrogen-bond acceptors (Lipinski definition) is 5. The molecule has 2 aromatic carbocycles. The number of thioether (sulfide) groups is 1. The van der Waals surface area contributed by atoms with E-state index in [1.165, 1.54) is 11.8 Å². The smallest absolute Gasteiger partial charge is 0.319 e. The number of carbonyl (C=O) groups excluding carboxylic acids is 1. The fourth-order valence-corrected chi connectivity index (χ4v) is 4.14. The van der Waals surface area contributed by atoms with Gasteiger partial charge in [0.2, 0.25) is 0 Å². The fraction of sp³-hybridized carbons (Fsp3) is 0.211. The highest BCUT2D eigenvalue weighted by atomic mass is 35.5. The van der Waals surface area contributed by atoms with Crippen molar-refractivity contribution in [2.24, 2.45) is 0 Å². The highest BCUT2D eigenvalue weighted by Gasteiger charge is 2.29. The van der Waals surface area contributed by atoms with Gasteiger partial charge >= 0.3 is 5.97 Å². The Morgan fingerprint density at radius 1 is 1.15 bits per heavy atom. The molecule has 4 rings (SSSR count). The minimum Gasteiger partial charge on any atom is -0.465 e. The molecule has 5 nitrogen and oxygen atoms in total. The number of fused-ring (bicyclic) bond motifs is 1. The highest BCUT2D eigenvalue weighted by Crippen LogP contribution is 2.29. The summed E-state index contributed by atoms with van der Waals surface area (Å²) in [5.41, 5.74) is 1.29. The molecule has 0 spiro atoms. The summed E-state index contributed by atoms with van der Waals surface area (Å²) in [6.07, 6.45) is 0.609. The molecule has 0 saturated carbocycles. The van der Waals surface area contributed by atoms with E-state index >= 15 is 0 Å². The first-order chi connectivity index (χ1) is 12.6. The molecule has 2 heterocycles. The van der Waals surface area contributed by atoms with Crippen LogP contribution in [0, 0.1) is 0 Å². The minimum atomic E-state index is -0.347. The second-order valence-corrected chi connectivity index (χ2v) is 7.53. The van der Waals surface area contributed by atoms with Gasteiger partial charge in [0.15, 0.2) is 5.16 Å². The van der Waals surface area contributed by atoms with Gasteiger partial charge < -0.3 is 4.74 Å². The predicted molar refractivity (Wildman–Crippen MR) is 102 cm³/mol. The Hall–Kier alpha value is -2.31. The number of para-hydroxylation sites is 1. The van der Waals surface area contributed by atoms with Crippen LogP contribution in [0.25, 0.3) is 10.9 Å². The zero-order valence-corrected chi connectivity index (χ0v) is 15.3. The molecule has 7 heteroatoms. The average molecular weight is 387 g/mol. The molecule has 1 unspecified atom stereocenters. The Kier molecular flexibility index (Phi) is 4.70. The number of nitrogens with zero attached hydrogens (tertiary/aromatic N) is 2. The van der Waals surface area contributed by atoms with Gasteiger partial charge in [-0.25, -0.2) is 4.98 Å². The van der Waals surface area contributed by atoms with Gasteiger partial charge in [-0.15, -0.1) is 0 Å². The van der Waals surface area contributed by atoms with E-state index in [1.54, 1.807) is 22.8 Å². The molecular formula is C19H15ClN2O3S. The SMILES string of the molecule is O=C1OCCC1Sc1nc2ccccc2c(=O)n1Cc1ccccc1Cl. The Balaban J connectivity index is 1.83. The van der Waals surface area contributed by atoms with Crippen LogP contribution in [0.2, 0.25) is 5.02 Å². The standard InChI is InChI=1S/C19H15ClN2O3S/c20-14-7-3-1-5-12(14)11-22-17(23)13-6-2-4-8-15(13)21-19(22)26-16-9-10-25-18(16)24/h1-8,16H,9-11H2. The molecule has 1 aliphatic heterocycles. The number of benzene rings is 2. The van der Waals surface area contributed by atoms with Crippen LogP contribution in [0.4, 0.5) is 0 Å². The quantitative estimate of drug-likeness (QED) is 0.507. The number of esters is 1. The van der Waals surface area contributed by atoms with E-state index in [2.05, 4.69) is 4.98 Å². The maximum Gasteiger partial charge on any atom is 0.319 e. The third-order valence-electron chi connectivity index (χ3n) is 4.25. The number of carbonyl (C=O) groups is 1. The van der Waals surface area contributed by atoms with Crippen molar-refractivity contribution in [3.05, 3.63) is 69.5 Å². The maximum atomic E-state index is 13.1. The van der Waals surface area contributed by atoms with Crippen LogP contribution in [0.3, 0.4) is 0 Å². The molecule has 0 radical (unpaired) electrons. The lowest BCUT2D eigenvalue weighted by atomic mass is 10.2. The van der Waals surface area contributed by atoms with Crippen molar-refractivity contribution in [3.8, 4) is 0 Å². The van der Waals surface area contributed by atoms with E-state index in [0.717, 1.165) is 5.56 Å². The number of aromatic nitrogens is 2. The summed E-state index contributed by atoms with van der Waals surface area (Å²) in [4.78, 5) is 29.6. The third-order valence-corrected chi connectivity index (χ3v) is 5.85. The second kappa shape index (κ2) is 7.13. The maximum absolute atomic E-state index is 13.1. The minimum absolute atomic E-state index is 0.149. The summed E-state index contributed by atoms with van der Waals surface area (Å²) in [5.74, 6) is -0.262. The molecule has 3 aromatic rings. The number of rotatable bonds is 4. The largest absolute Gasteiger partial charge is 0.465 e. The Morgan fingerprint density at radius 2 is 1.92 bits per heavy atom. The number of hydrogen-bond donors (Lipinski definition) is 0. The average Bonchev–Trinajstić information content (AvgIpc) is 3.05. The van der Waals surface area contributed by atoms with Gasteiger partial charge in [0.25, 0.3) is 5.56 Å². The zero-order chi connectivity index (χ0) is 18.1. The Bertz CT molecular complexity index is 1050. The molecule has 1 aromatic heterocycles. The van der Waals surface area contributed by atoms with Gasteiger partial charge in [0, 0.05) is 11.4 Å². The molecule has 1 aliphatic rings. The van der Waals surface area contributed by atoms with Crippen molar-refractivity contribution in [1.82, 2.24) is 9.55 Å². The summed E-state index contributed by atoms with van der Waals surface area (Å²) >= 11 is 7.55. The molecule has 26 heavy (non-hydrogen) atoms. The van der Waals surface area contributed by atoms with E-state index < -0.39 is 0 Å². The molecule has 132 valence electrons.